The van der Waals surface area contributed by atoms with Gasteiger partial charge in [-0.2, -0.15) is 8.42 Å². The van der Waals surface area contributed by atoms with E-state index in [1.807, 2.05) is 0 Å². The van der Waals surface area contributed by atoms with Crippen molar-refractivity contribution in [3.63, 3.8) is 0 Å². The van der Waals surface area contributed by atoms with Crippen molar-refractivity contribution in [1.82, 2.24) is 0 Å². The molecule has 12 heavy (non-hydrogen) atoms. The van der Waals surface area contributed by atoms with Gasteiger partial charge < -0.3 is 5.32 Å². The standard InChI is InChI=1S/C7H8FNO2S/c1-9-6-4-2-3-5-7(6)12(8,10)11/h2-5,9H,1H3. The molecular weight excluding hydrogens is 181 g/mol. The molecule has 3 nitrogen and oxygen atoms in total. The second-order valence-electron chi connectivity index (χ2n) is 2.18. The molecule has 0 aliphatic rings. The summed E-state index contributed by atoms with van der Waals surface area (Å²) in [5.41, 5.74) is 0.264. The minimum absolute atomic E-state index is 0.264. The van der Waals surface area contributed by atoms with Gasteiger partial charge in [0.15, 0.2) is 0 Å². The van der Waals surface area contributed by atoms with Gasteiger partial charge in [0.1, 0.15) is 4.90 Å². The third-order valence-electron chi connectivity index (χ3n) is 1.42. The van der Waals surface area contributed by atoms with E-state index >= 15 is 0 Å². The number of anilines is 1. The van der Waals surface area contributed by atoms with Crippen LogP contribution in [0.15, 0.2) is 29.2 Å². The zero-order valence-electron chi connectivity index (χ0n) is 6.41. The van der Waals surface area contributed by atoms with Gasteiger partial charge in [0.05, 0.1) is 5.69 Å². The zero-order valence-corrected chi connectivity index (χ0v) is 7.23. The van der Waals surface area contributed by atoms with Crippen LogP contribution in [0.4, 0.5) is 9.57 Å². The summed E-state index contributed by atoms with van der Waals surface area (Å²) in [5.74, 6) is 0. The summed E-state index contributed by atoms with van der Waals surface area (Å²) in [5, 5.41) is 2.58. The fraction of sp³-hybridized carbons (Fsp3) is 0.143. The predicted octanol–water partition coefficient (Wildman–Crippen LogP) is 1.39. The summed E-state index contributed by atoms with van der Waals surface area (Å²) in [6, 6.07) is 5.79. The van der Waals surface area contributed by atoms with E-state index in [9.17, 15) is 12.3 Å². The smallest absolute Gasteiger partial charge is 0.334 e. The average Bonchev–Trinajstić information content (AvgIpc) is 2.03. The second kappa shape index (κ2) is 3.10. The predicted molar refractivity (Wildman–Crippen MR) is 44.3 cm³/mol. The second-order valence-corrected chi connectivity index (χ2v) is 3.50. The number of benzene rings is 1. The molecule has 1 N–H and O–H groups in total. The number of rotatable bonds is 2. The maximum absolute atomic E-state index is 12.5. The van der Waals surface area contributed by atoms with Gasteiger partial charge in [-0.05, 0) is 12.1 Å². The van der Waals surface area contributed by atoms with Crippen molar-refractivity contribution in [2.75, 3.05) is 12.4 Å². The lowest BCUT2D eigenvalue weighted by Gasteiger charge is -2.03. The summed E-state index contributed by atoms with van der Waals surface area (Å²) < 4.78 is 33.5. The van der Waals surface area contributed by atoms with Crippen LogP contribution in [0.2, 0.25) is 0 Å². The van der Waals surface area contributed by atoms with Gasteiger partial charge >= 0.3 is 10.2 Å². The van der Waals surface area contributed by atoms with Crippen LogP contribution in [0.25, 0.3) is 0 Å². The van der Waals surface area contributed by atoms with Gasteiger partial charge in [0, 0.05) is 7.05 Å². The van der Waals surface area contributed by atoms with Crippen LogP contribution in [-0.2, 0) is 10.2 Å². The van der Waals surface area contributed by atoms with Crippen molar-refractivity contribution in [2.24, 2.45) is 0 Å². The minimum Gasteiger partial charge on any atom is -0.387 e. The summed E-state index contributed by atoms with van der Waals surface area (Å²) in [6.45, 7) is 0. The molecule has 0 atom stereocenters. The molecule has 0 heterocycles. The van der Waals surface area contributed by atoms with E-state index in [1.54, 1.807) is 6.07 Å². The van der Waals surface area contributed by atoms with E-state index in [2.05, 4.69) is 5.32 Å². The molecule has 0 spiro atoms. The van der Waals surface area contributed by atoms with Crippen molar-refractivity contribution < 1.29 is 12.3 Å². The van der Waals surface area contributed by atoms with Crippen molar-refractivity contribution in [3.05, 3.63) is 24.3 Å². The van der Waals surface area contributed by atoms with E-state index in [-0.39, 0.29) is 10.6 Å². The third kappa shape index (κ3) is 1.73. The van der Waals surface area contributed by atoms with E-state index < -0.39 is 10.2 Å². The number of nitrogens with one attached hydrogen (secondary N) is 1. The number of hydrogen-bond donors (Lipinski definition) is 1. The Morgan fingerprint density at radius 3 is 2.33 bits per heavy atom. The van der Waals surface area contributed by atoms with Crippen molar-refractivity contribution in [1.29, 1.82) is 0 Å². The number of para-hydroxylation sites is 1. The van der Waals surface area contributed by atoms with Crippen LogP contribution >= 0.6 is 0 Å². The Kier molecular flexibility index (Phi) is 2.32. The van der Waals surface area contributed by atoms with Crippen LogP contribution < -0.4 is 5.32 Å². The summed E-state index contributed by atoms with van der Waals surface area (Å²) >= 11 is 0. The molecule has 0 fully saturated rings. The SMILES string of the molecule is CNc1ccccc1S(=O)(=O)F. The molecule has 0 aliphatic carbocycles. The molecular formula is C7H8FNO2S. The van der Waals surface area contributed by atoms with Gasteiger partial charge in [0.25, 0.3) is 0 Å². The van der Waals surface area contributed by atoms with E-state index in [0.717, 1.165) is 0 Å². The summed E-state index contributed by atoms with van der Waals surface area (Å²) in [6.07, 6.45) is 0. The molecule has 0 aromatic heterocycles. The lowest BCUT2D eigenvalue weighted by Crippen LogP contribution is -1.98. The van der Waals surface area contributed by atoms with E-state index in [0.29, 0.717) is 0 Å². The Morgan fingerprint density at radius 2 is 1.92 bits per heavy atom. The maximum Gasteiger partial charge on any atom is 0.334 e. The highest BCUT2D eigenvalue weighted by molar-refractivity contribution is 7.86. The Bertz CT molecular complexity index is 375. The molecule has 0 saturated carbocycles. The molecule has 0 aliphatic heterocycles. The fourth-order valence-corrected chi connectivity index (χ4v) is 1.56. The van der Waals surface area contributed by atoms with Crippen LogP contribution in [0.5, 0.6) is 0 Å². The van der Waals surface area contributed by atoms with Gasteiger partial charge in [-0.15, -0.1) is 3.89 Å². The van der Waals surface area contributed by atoms with Gasteiger partial charge in [0.2, 0.25) is 0 Å². The minimum atomic E-state index is -4.61. The van der Waals surface area contributed by atoms with Crippen LogP contribution in [-0.4, -0.2) is 15.5 Å². The normalized spacial score (nSPS) is 11.2. The highest BCUT2D eigenvalue weighted by Gasteiger charge is 2.15. The third-order valence-corrected chi connectivity index (χ3v) is 2.30. The largest absolute Gasteiger partial charge is 0.387 e. The van der Waals surface area contributed by atoms with Crippen molar-refractivity contribution in [3.8, 4) is 0 Å². The van der Waals surface area contributed by atoms with Crippen molar-refractivity contribution >= 4 is 15.9 Å². The first-order chi connectivity index (χ1) is 5.55. The fourth-order valence-electron chi connectivity index (χ4n) is 0.886. The first-order valence-electron chi connectivity index (χ1n) is 3.27. The molecule has 0 amide bonds. The highest BCUT2D eigenvalue weighted by atomic mass is 32.3. The monoisotopic (exact) mass is 189 g/mol. The number of hydrogen-bond acceptors (Lipinski definition) is 3. The topological polar surface area (TPSA) is 46.2 Å². The molecule has 1 aromatic carbocycles. The summed E-state index contributed by atoms with van der Waals surface area (Å²) in [7, 11) is -3.08. The molecule has 1 aromatic rings. The zero-order chi connectivity index (χ0) is 9.19. The number of halogens is 1. The Balaban J connectivity index is 3.33. The maximum atomic E-state index is 12.5. The molecule has 0 bridgehead atoms. The first-order valence-corrected chi connectivity index (χ1v) is 4.65. The lowest BCUT2D eigenvalue weighted by molar-refractivity contribution is 0.552. The molecule has 66 valence electrons. The molecule has 5 heteroatoms. The quantitative estimate of drug-likeness (QED) is 0.715. The lowest BCUT2D eigenvalue weighted by atomic mass is 10.3. The van der Waals surface area contributed by atoms with Crippen LogP contribution in [0, 0.1) is 0 Å². The molecule has 0 radical (unpaired) electrons. The van der Waals surface area contributed by atoms with E-state index in [4.69, 9.17) is 0 Å². The first kappa shape index (κ1) is 8.99. The summed E-state index contributed by atoms with van der Waals surface area (Å²) in [4.78, 5) is -0.326. The van der Waals surface area contributed by atoms with E-state index in [1.165, 1.54) is 25.2 Å². The van der Waals surface area contributed by atoms with Crippen LogP contribution in [0.3, 0.4) is 0 Å². The Hall–Kier alpha value is -1.10. The average molecular weight is 189 g/mol. The Morgan fingerprint density at radius 1 is 1.33 bits per heavy atom. The molecule has 1 rings (SSSR count). The highest BCUT2D eigenvalue weighted by Crippen LogP contribution is 2.21. The molecule has 0 unspecified atom stereocenters. The van der Waals surface area contributed by atoms with Crippen LogP contribution in [0.1, 0.15) is 0 Å². The van der Waals surface area contributed by atoms with Gasteiger partial charge in [-0.25, -0.2) is 0 Å². The van der Waals surface area contributed by atoms with Gasteiger partial charge in [-0.1, -0.05) is 12.1 Å². The van der Waals surface area contributed by atoms with Crippen molar-refractivity contribution in [2.45, 2.75) is 4.90 Å². The van der Waals surface area contributed by atoms with Gasteiger partial charge in [-0.3, -0.25) is 0 Å². The Labute approximate surface area is 70.4 Å². The molecule has 0 saturated heterocycles.